The van der Waals surface area contributed by atoms with Crippen LogP contribution in [0.15, 0.2) is 24.3 Å². The maximum atomic E-state index is 13.1. The number of halogens is 2. The van der Waals surface area contributed by atoms with E-state index in [1.807, 2.05) is 6.08 Å². The minimum Gasteiger partial charge on any atom is -0.481 e. The summed E-state index contributed by atoms with van der Waals surface area (Å²) in [5.74, 6) is -1.43. The van der Waals surface area contributed by atoms with Crippen molar-refractivity contribution >= 4 is 23.1 Å². The minimum atomic E-state index is -0.845. The zero-order valence-corrected chi connectivity index (χ0v) is 10.4. The summed E-state index contributed by atoms with van der Waals surface area (Å²) < 4.78 is 13.1. The van der Waals surface area contributed by atoms with Crippen molar-refractivity contribution in [2.75, 3.05) is 13.1 Å². The molecule has 1 aliphatic heterocycles. The minimum absolute atomic E-state index is 0.0494. The molecule has 0 saturated carbocycles. The van der Waals surface area contributed by atoms with Crippen molar-refractivity contribution in [3.63, 3.8) is 0 Å². The maximum absolute atomic E-state index is 13.1. The molecule has 0 bridgehead atoms. The lowest BCUT2D eigenvalue weighted by molar-refractivity contribution is -0.137. The molecule has 1 aliphatic rings. The summed E-state index contributed by atoms with van der Waals surface area (Å²) >= 11 is 5.75. The van der Waals surface area contributed by atoms with Crippen LogP contribution in [0.25, 0.3) is 5.57 Å². The first-order chi connectivity index (χ1) is 8.58. The van der Waals surface area contributed by atoms with E-state index in [0.717, 1.165) is 11.1 Å². The Morgan fingerprint density at radius 1 is 1.56 bits per heavy atom. The predicted molar refractivity (Wildman–Crippen MR) is 68.0 cm³/mol. The highest BCUT2D eigenvalue weighted by molar-refractivity contribution is 6.30. The molecule has 1 atom stereocenters. The molecule has 1 aromatic carbocycles. The van der Waals surface area contributed by atoms with E-state index in [1.54, 1.807) is 12.1 Å². The SMILES string of the molecule is O=C(O)C[C@H]1CNCC=C1c1ccc(F)c(Cl)c1. The number of carboxylic acid groups (broad SMARTS) is 1. The molecule has 0 saturated heterocycles. The van der Waals surface area contributed by atoms with Crippen LogP contribution in [-0.4, -0.2) is 24.2 Å². The first kappa shape index (κ1) is 13.1. The molecule has 96 valence electrons. The van der Waals surface area contributed by atoms with Crippen molar-refractivity contribution in [1.29, 1.82) is 0 Å². The quantitative estimate of drug-likeness (QED) is 0.887. The van der Waals surface area contributed by atoms with Crippen LogP contribution >= 0.6 is 11.6 Å². The molecular weight excluding hydrogens is 257 g/mol. The van der Waals surface area contributed by atoms with Gasteiger partial charge in [-0.3, -0.25) is 4.79 Å². The Labute approximate surface area is 109 Å². The topological polar surface area (TPSA) is 49.3 Å². The lowest BCUT2D eigenvalue weighted by atomic mass is 9.87. The van der Waals surface area contributed by atoms with Gasteiger partial charge < -0.3 is 10.4 Å². The molecule has 18 heavy (non-hydrogen) atoms. The molecule has 1 aromatic rings. The number of rotatable bonds is 3. The summed E-state index contributed by atoms with van der Waals surface area (Å²) in [7, 11) is 0. The van der Waals surface area contributed by atoms with Gasteiger partial charge in [-0.1, -0.05) is 23.7 Å². The molecule has 0 amide bonds. The third-order valence-corrected chi connectivity index (χ3v) is 3.26. The molecule has 0 fully saturated rings. The highest BCUT2D eigenvalue weighted by Gasteiger charge is 2.22. The maximum Gasteiger partial charge on any atom is 0.304 e. The van der Waals surface area contributed by atoms with E-state index in [1.165, 1.54) is 6.07 Å². The first-order valence-corrected chi connectivity index (χ1v) is 6.03. The van der Waals surface area contributed by atoms with E-state index in [0.29, 0.717) is 13.1 Å². The van der Waals surface area contributed by atoms with E-state index < -0.39 is 11.8 Å². The molecule has 1 heterocycles. The van der Waals surface area contributed by atoms with Crippen molar-refractivity contribution in [2.24, 2.45) is 5.92 Å². The number of carboxylic acids is 1. The van der Waals surface area contributed by atoms with Gasteiger partial charge in [0.05, 0.1) is 11.4 Å². The Morgan fingerprint density at radius 3 is 3.00 bits per heavy atom. The molecule has 2 rings (SSSR count). The van der Waals surface area contributed by atoms with Gasteiger partial charge in [-0.15, -0.1) is 0 Å². The molecule has 0 aliphatic carbocycles. The van der Waals surface area contributed by atoms with Gasteiger partial charge in [-0.05, 0) is 23.3 Å². The lowest BCUT2D eigenvalue weighted by Gasteiger charge is -2.24. The average molecular weight is 270 g/mol. The fourth-order valence-corrected chi connectivity index (χ4v) is 2.32. The van der Waals surface area contributed by atoms with Gasteiger partial charge in [0, 0.05) is 19.0 Å². The molecule has 0 radical (unpaired) electrons. The Kier molecular flexibility index (Phi) is 3.99. The van der Waals surface area contributed by atoms with Gasteiger partial charge in [-0.25, -0.2) is 4.39 Å². The van der Waals surface area contributed by atoms with E-state index in [9.17, 15) is 9.18 Å². The number of carbonyl (C=O) groups is 1. The Hall–Kier alpha value is -1.39. The molecule has 3 nitrogen and oxygen atoms in total. The van der Waals surface area contributed by atoms with Gasteiger partial charge in [0.25, 0.3) is 0 Å². The van der Waals surface area contributed by atoms with Crippen LogP contribution < -0.4 is 5.32 Å². The van der Waals surface area contributed by atoms with Gasteiger partial charge in [0.1, 0.15) is 5.82 Å². The van der Waals surface area contributed by atoms with Crippen LogP contribution in [0.1, 0.15) is 12.0 Å². The summed E-state index contributed by atoms with van der Waals surface area (Å²) in [5.41, 5.74) is 1.70. The van der Waals surface area contributed by atoms with Crippen LogP contribution in [0, 0.1) is 11.7 Å². The molecule has 0 unspecified atom stereocenters. The fraction of sp³-hybridized carbons (Fsp3) is 0.308. The molecule has 0 spiro atoms. The summed E-state index contributed by atoms with van der Waals surface area (Å²) in [6, 6.07) is 4.48. The monoisotopic (exact) mass is 269 g/mol. The fourth-order valence-electron chi connectivity index (χ4n) is 2.14. The van der Waals surface area contributed by atoms with Gasteiger partial charge in [-0.2, -0.15) is 0 Å². The molecule has 0 aromatic heterocycles. The van der Waals surface area contributed by atoms with Gasteiger partial charge in [0.2, 0.25) is 0 Å². The van der Waals surface area contributed by atoms with Crippen molar-refractivity contribution in [1.82, 2.24) is 5.32 Å². The number of benzene rings is 1. The summed E-state index contributed by atoms with van der Waals surface area (Å²) in [6.07, 6.45) is 1.98. The molecule has 2 N–H and O–H groups in total. The average Bonchev–Trinajstić information content (AvgIpc) is 2.33. The summed E-state index contributed by atoms with van der Waals surface area (Å²) in [5, 5.41) is 12.1. The first-order valence-electron chi connectivity index (χ1n) is 5.66. The Balaban J connectivity index is 2.30. The van der Waals surface area contributed by atoms with Crippen molar-refractivity contribution in [2.45, 2.75) is 6.42 Å². The van der Waals surface area contributed by atoms with E-state index in [2.05, 4.69) is 5.32 Å². The molecule has 5 heteroatoms. The summed E-state index contributed by atoms with van der Waals surface area (Å²) in [6.45, 7) is 1.29. The largest absolute Gasteiger partial charge is 0.481 e. The lowest BCUT2D eigenvalue weighted by Crippen LogP contribution is -2.30. The van der Waals surface area contributed by atoms with Crippen LogP contribution in [0.4, 0.5) is 4.39 Å². The second kappa shape index (κ2) is 5.50. The Morgan fingerprint density at radius 2 is 2.33 bits per heavy atom. The number of hydrogen-bond donors (Lipinski definition) is 2. The predicted octanol–water partition coefficient (Wildman–Crippen LogP) is 2.56. The van der Waals surface area contributed by atoms with Crippen molar-refractivity contribution in [3.8, 4) is 0 Å². The van der Waals surface area contributed by atoms with E-state index in [4.69, 9.17) is 16.7 Å². The van der Waals surface area contributed by atoms with Crippen LogP contribution in [-0.2, 0) is 4.79 Å². The van der Waals surface area contributed by atoms with Crippen molar-refractivity contribution < 1.29 is 14.3 Å². The third-order valence-electron chi connectivity index (χ3n) is 2.97. The highest BCUT2D eigenvalue weighted by Crippen LogP contribution is 2.30. The smallest absolute Gasteiger partial charge is 0.304 e. The number of nitrogens with one attached hydrogen (secondary N) is 1. The van der Waals surface area contributed by atoms with Crippen LogP contribution in [0.5, 0.6) is 0 Å². The second-order valence-corrected chi connectivity index (χ2v) is 4.65. The van der Waals surface area contributed by atoms with Crippen LogP contribution in [0.2, 0.25) is 5.02 Å². The van der Waals surface area contributed by atoms with E-state index >= 15 is 0 Å². The van der Waals surface area contributed by atoms with Gasteiger partial charge in [0.15, 0.2) is 0 Å². The number of aliphatic carboxylic acids is 1. The van der Waals surface area contributed by atoms with Crippen LogP contribution in [0.3, 0.4) is 0 Å². The Bertz CT molecular complexity index is 502. The van der Waals surface area contributed by atoms with Gasteiger partial charge >= 0.3 is 5.97 Å². The molecular formula is C13H13ClFNO2. The zero-order chi connectivity index (χ0) is 13.1. The highest BCUT2D eigenvalue weighted by atomic mass is 35.5. The third kappa shape index (κ3) is 2.89. The summed E-state index contributed by atoms with van der Waals surface area (Å²) in [4.78, 5) is 10.8. The van der Waals surface area contributed by atoms with Crippen molar-refractivity contribution in [3.05, 3.63) is 40.7 Å². The normalized spacial score (nSPS) is 19.4. The second-order valence-electron chi connectivity index (χ2n) is 4.24. The standard InChI is InChI=1S/C13H13ClFNO2/c14-11-5-8(1-2-12(11)15)10-3-4-16-7-9(10)6-13(17)18/h1-3,5,9,16H,4,6-7H2,(H,17,18)/t9-/m0/s1. The number of hydrogen-bond acceptors (Lipinski definition) is 2. The zero-order valence-electron chi connectivity index (χ0n) is 9.62. The van der Waals surface area contributed by atoms with E-state index in [-0.39, 0.29) is 17.4 Å².